The lowest BCUT2D eigenvalue weighted by Gasteiger charge is -2.08. The normalized spacial score (nSPS) is 12.4. The van der Waals surface area contributed by atoms with Crippen LogP contribution >= 0.6 is 11.3 Å². The Morgan fingerprint density at radius 1 is 0.636 bits per heavy atom. The highest BCUT2D eigenvalue weighted by Crippen LogP contribution is 2.43. The predicted molar refractivity (Wildman–Crippen MR) is 192 cm³/mol. The first-order valence-electron chi connectivity index (χ1n) is 14.6. The average Bonchev–Trinajstić information content (AvgIpc) is 3.60. The zero-order valence-electron chi connectivity index (χ0n) is 24.6. The van der Waals surface area contributed by atoms with Gasteiger partial charge in [0.25, 0.3) is 0 Å². The van der Waals surface area contributed by atoms with Gasteiger partial charge < -0.3 is 16.0 Å². The first-order chi connectivity index (χ1) is 21.5. The lowest BCUT2D eigenvalue weighted by molar-refractivity contribution is 1.01. The zero-order chi connectivity index (χ0) is 30.4. The third kappa shape index (κ3) is 4.41. The van der Waals surface area contributed by atoms with E-state index in [1.165, 1.54) is 63.5 Å². The van der Waals surface area contributed by atoms with Gasteiger partial charge in [0, 0.05) is 54.6 Å². The van der Waals surface area contributed by atoms with E-state index in [1.807, 2.05) is 48.6 Å². The molecule has 2 heterocycles. The number of para-hydroxylation sites is 1. The summed E-state index contributed by atoms with van der Waals surface area (Å²) in [5, 5.41) is 18.7. The minimum Gasteiger partial charge on any atom is -0.397 e. The minimum absolute atomic E-state index is 0.256. The molecule has 8 aromatic rings. The minimum atomic E-state index is 0.256. The summed E-state index contributed by atoms with van der Waals surface area (Å²) in [7, 11) is 2.17. The van der Waals surface area contributed by atoms with E-state index in [9.17, 15) is 0 Å². The molecule has 8 rings (SSSR count). The van der Waals surface area contributed by atoms with E-state index in [-0.39, 0.29) is 5.71 Å². The van der Waals surface area contributed by atoms with E-state index >= 15 is 0 Å². The number of benzene rings is 6. The molecule has 0 saturated heterocycles. The molecule has 0 fully saturated rings. The maximum atomic E-state index is 7.85. The monoisotopic (exact) mass is 588 g/mol. The van der Waals surface area contributed by atoms with Gasteiger partial charge in [0.1, 0.15) is 0 Å². The van der Waals surface area contributed by atoms with Crippen LogP contribution in [-0.4, -0.2) is 10.3 Å². The van der Waals surface area contributed by atoms with Gasteiger partial charge in [-0.15, -0.1) is 11.3 Å². The molecule has 0 aliphatic rings. The third-order valence-electron chi connectivity index (χ3n) is 8.38. The highest BCUT2D eigenvalue weighted by atomic mass is 32.1. The average molecular weight is 589 g/mol. The fraction of sp³-hybridized carbons (Fsp3) is 0.0513. The first-order valence-corrected chi connectivity index (χ1v) is 15.4. The van der Waals surface area contributed by atoms with Crippen molar-refractivity contribution in [3.05, 3.63) is 144 Å². The first kappa shape index (κ1) is 27.4. The van der Waals surface area contributed by atoms with Crippen molar-refractivity contribution in [2.75, 3.05) is 0 Å². The van der Waals surface area contributed by atoms with Crippen molar-refractivity contribution in [2.45, 2.75) is 6.92 Å². The second kappa shape index (κ2) is 11.0. The van der Waals surface area contributed by atoms with Crippen LogP contribution < -0.4 is 11.5 Å². The Hall–Kier alpha value is -5.39. The van der Waals surface area contributed by atoms with Crippen LogP contribution in [0.3, 0.4) is 0 Å². The van der Waals surface area contributed by atoms with Gasteiger partial charge in [-0.3, -0.25) is 5.41 Å². The van der Waals surface area contributed by atoms with Crippen molar-refractivity contribution in [1.82, 2.24) is 4.57 Å². The van der Waals surface area contributed by atoms with Crippen molar-refractivity contribution in [3.63, 3.8) is 0 Å². The number of nitrogens with two attached hydrogens (primary N) is 2. The summed E-state index contributed by atoms with van der Waals surface area (Å²) in [5.41, 5.74) is 15.8. The van der Waals surface area contributed by atoms with Gasteiger partial charge >= 0.3 is 0 Å². The largest absolute Gasteiger partial charge is 0.397 e. The standard InChI is InChI=1S/C27H17NS.C12H15N3/c1-28-21-8-4-2-6-19(21)26-18-12-10-16-11-15-24-27(20-7-3-5-9-23(20)29-24)25(16)17(18)13-14-22(26)28;1-2-6-10(13)12(15)11(14)9-7-4-3-5-8-9/h2-15H,1H3;2-8,14H,13,15H2,1H3/b;6-2-,12-10+,14-11?. The van der Waals surface area contributed by atoms with Crippen molar-refractivity contribution in [2.24, 2.45) is 18.5 Å². The fourth-order valence-electron chi connectivity index (χ4n) is 6.28. The fourth-order valence-corrected chi connectivity index (χ4v) is 7.39. The lowest BCUT2D eigenvalue weighted by Crippen LogP contribution is -2.17. The van der Waals surface area contributed by atoms with Crippen LogP contribution in [0.2, 0.25) is 0 Å². The molecule has 0 aliphatic carbocycles. The molecule has 0 aliphatic heterocycles. The molecule has 0 bridgehead atoms. The second-order valence-corrected chi connectivity index (χ2v) is 12.0. The second-order valence-electron chi connectivity index (χ2n) is 10.9. The molecule has 0 saturated carbocycles. The quantitative estimate of drug-likeness (QED) is 0.109. The van der Waals surface area contributed by atoms with E-state index < -0.39 is 0 Å². The predicted octanol–water partition coefficient (Wildman–Crippen LogP) is 9.77. The summed E-state index contributed by atoms with van der Waals surface area (Å²) >= 11 is 1.89. The van der Waals surface area contributed by atoms with Crippen molar-refractivity contribution in [1.29, 1.82) is 5.41 Å². The van der Waals surface area contributed by atoms with E-state index in [1.54, 1.807) is 12.2 Å². The summed E-state index contributed by atoms with van der Waals surface area (Å²) in [4.78, 5) is 0. The van der Waals surface area contributed by atoms with Gasteiger partial charge in [-0.25, -0.2) is 0 Å². The molecule has 44 heavy (non-hydrogen) atoms. The van der Waals surface area contributed by atoms with Gasteiger partial charge in [-0.2, -0.15) is 0 Å². The van der Waals surface area contributed by atoms with Crippen molar-refractivity contribution < 1.29 is 0 Å². The van der Waals surface area contributed by atoms with Gasteiger partial charge in [-0.05, 0) is 58.8 Å². The Morgan fingerprint density at radius 2 is 1.30 bits per heavy atom. The van der Waals surface area contributed by atoms with E-state index in [0.29, 0.717) is 11.4 Å². The van der Waals surface area contributed by atoms with Crippen LogP contribution in [0.15, 0.2) is 139 Å². The van der Waals surface area contributed by atoms with Gasteiger partial charge in [0.15, 0.2) is 0 Å². The Labute approximate surface area is 259 Å². The topological polar surface area (TPSA) is 80.8 Å². The Bertz CT molecular complexity index is 2440. The number of hydrogen-bond donors (Lipinski definition) is 3. The molecule has 2 aromatic heterocycles. The van der Waals surface area contributed by atoms with Crippen LogP contribution in [0.25, 0.3) is 63.5 Å². The Kier molecular flexibility index (Phi) is 6.88. The number of aromatic nitrogens is 1. The molecule has 0 radical (unpaired) electrons. The van der Waals surface area contributed by atoms with Gasteiger partial charge in [0.05, 0.1) is 17.1 Å². The molecule has 0 amide bonds. The van der Waals surface area contributed by atoms with Gasteiger partial charge in [0.2, 0.25) is 0 Å². The molecule has 0 atom stereocenters. The van der Waals surface area contributed by atoms with Crippen LogP contribution in [0.1, 0.15) is 12.5 Å². The molecule has 5 heteroatoms. The summed E-state index contributed by atoms with van der Waals surface area (Å²) in [6, 6.07) is 40.6. The number of nitrogens with one attached hydrogen (secondary N) is 1. The molecule has 0 unspecified atom stereocenters. The summed E-state index contributed by atoms with van der Waals surface area (Å²) < 4.78 is 5.04. The highest BCUT2D eigenvalue weighted by Gasteiger charge is 2.15. The van der Waals surface area contributed by atoms with Crippen LogP contribution in [0, 0.1) is 5.41 Å². The number of allylic oxidation sites excluding steroid dienone is 3. The molecule has 6 aromatic carbocycles. The number of thiophene rings is 1. The van der Waals surface area contributed by atoms with E-state index in [0.717, 1.165) is 5.56 Å². The van der Waals surface area contributed by atoms with Gasteiger partial charge in [-0.1, -0.05) is 97.1 Å². The number of rotatable bonds is 3. The number of nitrogens with zero attached hydrogens (tertiary/aromatic N) is 1. The molecule has 0 spiro atoms. The SMILES string of the molecule is C/C=C\C(N)=C(/N)C(=N)c1ccccc1.Cn1c2ccccc2c2c3ccc4ccc5sc6ccccc6c5c4c3ccc21. The number of aryl methyl sites for hydroxylation is 1. The van der Waals surface area contributed by atoms with E-state index in [2.05, 4.69) is 96.5 Å². The van der Waals surface area contributed by atoms with Crippen LogP contribution in [0.5, 0.6) is 0 Å². The van der Waals surface area contributed by atoms with Crippen LogP contribution in [0.4, 0.5) is 0 Å². The molecule has 214 valence electrons. The molecule has 5 N–H and O–H groups in total. The maximum Gasteiger partial charge on any atom is 0.0862 e. The Balaban J connectivity index is 0.000000178. The molecular weight excluding hydrogens is 557 g/mol. The van der Waals surface area contributed by atoms with Crippen molar-refractivity contribution in [3.8, 4) is 0 Å². The summed E-state index contributed by atoms with van der Waals surface area (Å²) in [6.07, 6.45) is 3.48. The highest BCUT2D eigenvalue weighted by molar-refractivity contribution is 7.26. The zero-order valence-corrected chi connectivity index (χ0v) is 25.5. The molecular formula is C39H32N4S. The lowest BCUT2D eigenvalue weighted by atomic mass is 9.95. The third-order valence-corrected chi connectivity index (χ3v) is 9.52. The summed E-state index contributed by atoms with van der Waals surface area (Å²) in [6.45, 7) is 1.85. The molecule has 4 nitrogen and oxygen atoms in total. The number of fused-ring (bicyclic) bond motifs is 11. The summed E-state index contributed by atoms with van der Waals surface area (Å²) in [5.74, 6) is 0. The smallest absolute Gasteiger partial charge is 0.0862 e. The van der Waals surface area contributed by atoms with Crippen LogP contribution in [-0.2, 0) is 7.05 Å². The van der Waals surface area contributed by atoms with Crippen molar-refractivity contribution >= 4 is 80.6 Å². The Morgan fingerprint density at radius 3 is 2.09 bits per heavy atom. The van der Waals surface area contributed by atoms with E-state index in [4.69, 9.17) is 16.9 Å². The maximum absolute atomic E-state index is 7.85. The number of hydrogen-bond acceptors (Lipinski definition) is 4.